The van der Waals surface area contributed by atoms with E-state index in [1.54, 1.807) is 24.3 Å². The Bertz CT molecular complexity index is 525. The number of hydrogen-bond acceptors (Lipinski definition) is 3. The minimum atomic E-state index is -2.93. The van der Waals surface area contributed by atoms with E-state index in [9.17, 15) is 13.2 Å². The Balaban J connectivity index is 1.95. The molecule has 0 spiro atoms. The first-order valence-corrected chi connectivity index (χ1v) is 7.93. The molecule has 98 valence electrons. The molecule has 1 heterocycles. The number of anilines is 1. The lowest BCUT2D eigenvalue weighted by atomic mass is 10.0. The molecule has 0 bridgehead atoms. The summed E-state index contributed by atoms with van der Waals surface area (Å²) in [6.07, 6.45) is 0.809. The Morgan fingerprint density at radius 2 is 1.72 bits per heavy atom. The second kappa shape index (κ2) is 5.28. The lowest BCUT2D eigenvalue weighted by Gasteiger charge is -2.21. The molecule has 18 heavy (non-hydrogen) atoms. The maximum absolute atomic E-state index is 11.9. The summed E-state index contributed by atoms with van der Waals surface area (Å²) in [5.74, 6) is -0.131. The molecule has 1 saturated heterocycles. The largest absolute Gasteiger partial charge is 0.326 e. The smallest absolute Gasteiger partial charge is 0.227 e. The van der Waals surface area contributed by atoms with E-state index in [2.05, 4.69) is 5.32 Å². The highest BCUT2D eigenvalue weighted by Gasteiger charge is 2.28. The van der Waals surface area contributed by atoms with Gasteiger partial charge in [0.1, 0.15) is 9.84 Å². The van der Waals surface area contributed by atoms with Crippen molar-refractivity contribution in [3.05, 3.63) is 29.3 Å². The van der Waals surface area contributed by atoms with E-state index in [0.717, 1.165) is 0 Å². The molecule has 0 radical (unpaired) electrons. The van der Waals surface area contributed by atoms with Crippen LogP contribution >= 0.6 is 11.6 Å². The SMILES string of the molecule is O=C(Nc1ccc(Cl)cc1)C1CCS(=O)(=O)CC1. The normalized spacial score (nSPS) is 19.4. The third kappa shape index (κ3) is 3.46. The van der Waals surface area contributed by atoms with Crippen molar-refractivity contribution in [2.24, 2.45) is 5.92 Å². The van der Waals surface area contributed by atoms with Crippen LogP contribution < -0.4 is 5.32 Å². The minimum Gasteiger partial charge on any atom is -0.326 e. The van der Waals surface area contributed by atoms with Crippen molar-refractivity contribution in [3.63, 3.8) is 0 Å². The van der Waals surface area contributed by atoms with E-state index in [1.807, 2.05) is 0 Å². The van der Waals surface area contributed by atoms with Gasteiger partial charge >= 0.3 is 0 Å². The van der Waals surface area contributed by atoms with Crippen LogP contribution in [0.15, 0.2) is 24.3 Å². The van der Waals surface area contributed by atoms with Crippen LogP contribution in [0.1, 0.15) is 12.8 Å². The molecule has 1 aliphatic heterocycles. The number of sulfone groups is 1. The van der Waals surface area contributed by atoms with Crippen molar-refractivity contribution in [2.45, 2.75) is 12.8 Å². The van der Waals surface area contributed by atoms with Crippen LogP contribution in [0.25, 0.3) is 0 Å². The molecule has 1 amide bonds. The summed E-state index contributed by atoms with van der Waals surface area (Å²) in [5.41, 5.74) is 0.679. The number of benzene rings is 1. The van der Waals surface area contributed by atoms with Crippen molar-refractivity contribution >= 4 is 33.0 Å². The van der Waals surface area contributed by atoms with Gasteiger partial charge in [0.15, 0.2) is 0 Å². The van der Waals surface area contributed by atoms with Crippen LogP contribution in [0, 0.1) is 5.92 Å². The average molecular weight is 288 g/mol. The minimum absolute atomic E-state index is 0.103. The molecule has 0 atom stereocenters. The van der Waals surface area contributed by atoms with Crippen LogP contribution in [-0.4, -0.2) is 25.8 Å². The third-order valence-corrected chi connectivity index (χ3v) is 5.00. The number of hydrogen-bond donors (Lipinski definition) is 1. The Labute approximate surface area is 111 Å². The molecule has 0 unspecified atom stereocenters. The molecule has 1 N–H and O–H groups in total. The lowest BCUT2D eigenvalue weighted by Crippen LogP contribution is -2.31. The molecular formula is C12H14ClNO3S. The van der Waals surface area contributed by atoms with Gasteiger partial charge in [0.2, 0.25) is 5.91 Å². The summed E-state index contributed by atoms with van der Waals surface area (Å²) in [7, 11) is -2.93. The van der Waals surface area contributed by atoms with Crippen LogP contribution in [0.5, 0.6) is 0 Å². The maximum atomic E-state index is 11.9. The van der Waals surface area contributed by atoms with E-state index in [4.69, 9.17) is 11.6 Å². The second-order valence-electron chi connectivity index (χ2n) is 4.42. The Hall–Kier alpha value is -1.07. The fraction of sp³-hybridized carbons (Fsp3) is 0.417. The second-order valence-corrected chi connectivity index (χ2v) is 7.16. The van der Waals surface area contributed by atoms with E-state index >= 15 is 0 Å². The molecule has 0 aromatic heterocycles. The van der Waals surface area contributed by atoms with Crippen LogP contribution in [-0.2, 0) is 14.6 Å². The van der Waals surface area contributed by atoms with Gasteiger partial charge in [0, 0.05) is 16.6 Å². The van der Waals surface area contributed by atoms with Gasteiger partial charge in [0.25, 0.3) is 0 Å². The topological polar surface area (TPSA) is 63.2 Å². The summed E-state index contributed by atoms with van der Waals surface area (Å²) >= 11 is 5.75. The first kappa shape index (κ1) is 13.4. The molecular weight excluding hydrogens is 274 g/mol. The number of halogens is 1. The van der Waals surface area contributed by atoms with Gasteiger partial charge in [-0.2, -0.15) is 0 Å². The molecule has 1 aliphatic rings. The Kier molecular flexibility index (Phi) is 3.92. The average Bonchev–Trinajstić information content (AvgIpc) is 2.32. The molecule has 1 aromatic rings. The summed E-state index contributed by atoms with van der Waals surface area (Å²) in [5, 5.41) is 3.38. The highest BCUT2D eigenvalue weighted by atomic mass is 35.5. The summed E-state index contributed by atoms with van der Waals surface area (Å²) in [4.78, 5) is 11.9. The molecule has 6 heteroatoms. The van der Waals surface area contributed by atoms with Crippen LogP contribution in [0.4, 0.5) is 5.69 Å². The lowest BCUT2D eigenvalue weighted by molar-refractivity contribution is -0.120. The fourth-order valence-electron chi connectivity index (χ4n) is 1.93. The van der Waals surface area contributed by atoms with E-state index in [0.29, 0.717) is 23.6 Å². The quantitative estimate of drug-likeness (QED) is 0.906. The molecule has 1 aromatic carbocycles. The fourth-order valence-corrected chi connectivity index (χ4v) is 3.55. The summed E-state index contributed by atoms with van der Waals surface area (Å²) in [6, 6.07) is 6.84. The number of carbonyl (C=O) groups excluding carboxylic acids is 1. The van der Waals surface area contributed by atoms with Crippen LogP contribution in [0.3, 0.4) is 0 Å². The van der Waals surface area contributed by atoms with E-state index in [-0.39, 0.29) is 23.3 Å². The predicted octanol–water partition coefficient (Wildman–Crippen LogP) is 2.10. The van der Waals surface area contributed by atoms with Gasteiger partial charge in [-0.05, 0) is 37.1 Å². The highest BCUT2D eigenvalue weighted by Crippen LogP contribution is 2.21. The third-order valence-electron chi connectivity index (χ3n) is 3.04. The zero-order valence-electron chi connectivity index (χ0n) is 9.73. The number of nitrogens with one attached hydrogen (secondary N) is 1. The van der Waals surface area contributed by atoms with E-state index in [1.165, 1.54) is 0 Å². The standard InChI is InChI=1S/C12H14ClNO3S/c13-10-1-3-11(4-2-10)14-12(15)9-5-7-18(16,17)8-6-9/h1-4,9H,5-8H2,(H,14,15). The number of amides is 1. The first-order valence-electron chi connectivity index (χ1n) is 5.73. The summed E-state index contributed by atoms with van der Waals surface area (Å²) < 4.78 is 22.5. The van der Waals surface area contributed by atoms with Crippen molar-refractivity contribution in [1.29, 1.82) is 0 Å². The zero-order chi connectivity index (χ0) is 13.2. The highest BCUT2D eigenvalue weighted by molar-refractivity contribution is 7.91. The van der Waals surface area contributed by atoms with Crippen LogP contribution in [0.2, 0.25) is 5.02 Å². The summed E-state index contributed by atoms with van der Waals surface area (Å²) in [6.45, 7) is 0. The maximum Gasteiger partial charge on any atom is 0.227 e. The van der Waals surface area contributed by atoms with Crippen molar-refractivity contribution in [2.75, 3.05) is 16.8 Å². The van der Waals surface area contributed by atoms with Gasteiger partial charge in [0.05, 0.1) is 11.5 Å². The van der Waals surface area contributed by atoms with Gasteiger partial charge in [-0.3, -0.25) is 4.79 Å². The van der Waals surface area contributed by atoms with Gasteiger partial charge in [-0.1, -0.05) is 11.6 Å². The zero-order valence-corrected chi connectivity index (χ0v) is 11.3. The molecule has 4 nitrogen and oxygen atoms in total. The van der Waals surface area contributed by atoms with Gasteiger partial charge < -0.3 is 5.32 Å². The molecule has 2 rings (SSSR count). The molecule has 1 fully saturated rings. The Morgan fingerprint density at radius 1 is 1.17 bits per heavy atom. The van der Waals surface area contributed by atoms with Gasteiger partial charge in [-0.25, -0.2) is 8.42 Å². The Morgan fingerprint density at radius 3 is 2.28 bits per heavy atom. The molecule has 0 aliphatic carbocycles. The van der Waals surface area contributed by atoms with Crippen molar-refractivity contribution in [1.82, 2.24) is 0 Å². The monoisotopic (exact) mass is 287 g/mol. The predicted molar refractivity (Wildman–Crippen MR) is 71.5 cm³/mol. The first-order chi connectivity index (χ1) is 8.46. The number of carbonyl (C=O) groups is 1. The van der Waals surface area contributed by atoms with Gasteiger partial charge in [-0.15, -0.1) is 0 Å². The number of rotatable bonds is 2. The van der Waals surface area contributed by atoms with E-state index < -0.39 is 9.84 Å². The molecule has 0 saturated carbocycles. The van der Waals surface area contributed by atoms with Crippen molar-refractivity contribution < 1.29 is 13.2 Å². The van der Waals surface area contributed by atoms with Crippen molar-refractivity contribution in [3.8, 4) is 0 Å².